The quantitative estimate of drug-likeness (QED) is 0.321. The number of nitrogens with zero attached hydrogens (tertiary/aromatic N) is 3. The molecule has 0 aliphatic carbocycles. The maximum Gasteiger partial charge on any atom is 0.310 e. The Morgan fingerprint density at radius 1 is 1.13 bits per heavy atom. The monoisotopic (exact) mass is 560 g/mol. The fourth-order valence-corrected chi connectivity index (χ4v) is 5.36. The highest BCUT2D eigenvalue weighted by Crippen LogP contribution is 2.32. The van der Waals surface area contributed by atoms with E-state index in [1.807, 2.05) is 0 Å². The fraction of sp³-hybridized carbons (Fsp3) is 0.200. The molecule has 0 aliphatic heterocycles. The topological polar surface area (TPSA) is 129 Å². The largest absolute Gasteiger partial charge is 0.480 e. The number of aromatic nitrogens is 3. The number of anilines is 1. The standard InChI is InChI=1S/C25H22ClFN4O6S/c1-14(25(33)37-3)12-31-13-29-20-6-4-15(8-18(20)24(31)32)16-9-21(23(36-2)28-11-16)30-38(34,35)22-7-5-17(27)10-19(22)26/h4-11,13-14,30H,12H2,1-3H3. The van der Waals surface area contributed by atoms with Crippen LogP contribution in [-0.2, 0) is 26.1 Å². The van der Waals surface area contributed by atoms with Gasteiger partial charge in [0.2, 0.25) is 5.88 Å². The van der Waals surface area contributed by atoms with Crippen molar-refractivity contribution in [2.24, 2.45) is 5.92 Å². The molecule has 2 aromatic heterocycles. The van der Waals surface area contributed by atoms with E-state index >= 15 is 0 Å². The fourth-order valence-electron chi connectivity index (χ4n) is 3.78. The Balaban J connectivity index is 1.73. The predicted molar refractivity (Wildman–Crippen MR) is 139 cm³/mol. The van der Waals surface area contributed by atoms with Crippen LogP contribution in [0.25, 0.3) is 22.0 Å². The van der Waals surface area contributed by atoms with Gasteiger partial charge in [-0.25, -0.2) is 22.8 Å². The van der Waals surface area contributed by atoms with Gasteiger partial charge in [0.25, 0.3) is 15.6 Å². The van der Waals surface area contributed by atoms with Gasteiger partial charge in [-0.1, -0.05) is 24.6 Å². The first-order chi connectivity index (χ1) is 18.0. The van der Waals surface area contributed by atoms with E-state index in [-0.39, 0.29) is 39.0 Å². The Morgan fingerprint density at radius 2 is 1.89 bits per heavy atom. The van der Waals surface area contributed by atoms with Gasteiger partial charge in [-0.15, -0.1) is 0 Å². The number of sulfonamides is 1. The SMILES string of the molecule is COC(=O)C(C)Cn1cnc2ccc(-c3cnc(OC)c(NS(=O)(=O)c4ccc(F)cc4Cl)c3)cc2c1=O. The van der Waals surface area contributed by atoms with E-state index in [0.29, 0.717) is 16.6 Å². The third-order valence-electron chi connectivity index (χ3n) is 5.70. The molecular formula is C25H22ClFN4O6S. The summed E-state index contributed by atoms with van der Waals surface area (Å²) in [4.78, 5) is 33.1. The highest BCUT2D eigenvalue weighted by Gasteiger charge is 2.22. The van der Waals surface area contributed by atoms with Crippen LogP contribution in [0.1, 0.15) is 6.92 Å². The maximum absolute atomic E-state index is 13.4. The predicted octanol–water partition coefficient (Wildman–Crippen LogP) is 3.87. The van der Waals surface area contributed by atoms with Crippen molar-refractivity contribution < 1.29 is 27.1 Å². The summed E-state index contributed by atoms with van der Waals surface area (Å²) >= 11 is 5.95. The van der Waals surface area contributed by atoms with E-state index in [0.717, 1.165) is 18.2 Å². The van der Waals surface area contributed by atoms with Gasteiger partial charge in [-0.3, -0.25) is 18.9 Å². The molecule has 0 radical (unpaired) electrons. The number of esters is 1. The van der Waals surface area contributed by atoms with Gasteiger partial charge in [0.05, 0.1) is 42.4 Å². The molecule has 4 aromatic rings. The molecule has 38 heavy (non-hydrogen) atoms. The summed E-state index contributed by atoms with van der Waals surface area (Å²) < 4.78 is 53.0. The maximum atomic E-state index is 13.4. The Kier molecular flexibility index (Phi) is 7.65. The van der Waals surface area contributed by atoms with Crippen molar-refractivity contribution >= 4 is 44.2 Å². The van der Waals surface area contributed by atoms with E-state index < -0.39 is 27.7 Å². The molecule has 0 amide bonds. The lowest BCUT2D eigenvalue weighted by Crippen LogP contribution is -2.27. The number of hydrogen-bond donors (Lipinski definition) is 1. The lowest BCUT2D eigenvalue weighted by Gasteiger charge is -2.14. The molecule has 2 aromatic carbocycles. The summed E-state index contributed by atoms with van der Waals surface area (Å²) in [5.74, 6) is -1.71. The second-order valence-corrected chi connectivity index (χ2v) is 10.4. The lowest BCUT2D eigenvalue weighted by molar-refractivity contribution is -0.145. The van der Waals surface area contributed by atoms with Crippen LogP contribution in [0.5, 0.6) is 5.88 Å². The van der Waals surface area contributed by atoms with Crippen molar-refractivity contribution in [1.29, 1.82) is 0 Å². The number of fused-ring (bicyclic) bond motifs is 1. The van der Waals surface area contributed by atoms with Gasteiger partial charge in [0, 0.05) is 18.3 Å². The summed E-state index contributed by atoms with van der Waals surface area (Å²) in [6, 6.07) is 9.35. The summed E-state index contributed by atoms with van der Waals surface area (Å²) in [6.07, 6.45) is 2.82. The van der Waals surface area contributed by atoms with Gasteiger partial charge in [-0.2, -0.15) is 0 Å². The molecule has 13 heteroatoms. The van der Waals surface area contributed by atoms with Gasteiger partial charge >= 0.3 is 5.97 Å². The Labute approximate surface area is 222 Å². The highest BCUT2D eigenvalue weighted by atomic mass is 35.5. The molecule has 0 bridgehead atoms. The van der Waals surface area contributed by atoms with Crippen LogP contribution in [0, 0.1) is 11.7 Å². The van der Waals surface area contributed by atoms with Crippen molar-refractivity contribution in [3.05, 3.63) is 76.2 Å². The number of rotatable bonds is 8. The van der Waals surface area contributed by atoms with Crippen LogP contribution in [0.3, 0.4) is 0 Å². The zero-order valence-corrected chi connectivity index (χ0v) is 22.0. The van der Waals surface area contributed by atoms with Crippen LogP contribution in [0.2, 0.25) is 5.02 Å². The van der Waals surface area contributed by atoms with Crippen LogP contribution in [0.15, 0.2) is 64.7 Å². The molecule has 4 rings (SSSR count). The summed E-state index contributed by atoms with van der Waals surface area (Å²) in [5.41, 5.74) is 1.09. The van der Waals surface area contributed by atoms with Crippen molar-refractivity contribution in [2.45, 2.75) is 18.4 Å². The second kappa shape index (κ2) is 10.8. The third-order valence-corrected chi connectivity index (χ3v) is 7.55. The number of carbonyl (C=O) groups excluding carboxylic acids is 1. The normalized spacial score (nSPS) is 12.2. The average Bonchev–Trinajstić information content (AvgIpc) is 2.89. The number of ether oxygens (including phenoxy) is 2. The van der Waals surface area contributed by atoms with E-state index in [9.17, 15) is 22.4 Å². The third kappa shape index (κ3) is 5.46. The molecule has 0 saturated carbocycles. The number of carbonyl (C=O) groups is 1. The molecule has 1 atom stereocenters. The first kappa shape index (κ1) is 27.0. The highest BCUT2D eigenvalue weighted by molar-refractivity contribution is 7.92. The summed E-state index contributed by atoms with van der Waals surface area (Å²) in [5, 5.41) is -0.00137. The first-order valence-electron chi connectivity index (χ1n) is 11.1. The Bertz CT molecular complexity index is 1710. The van der Waals surface area contributed by atoms with Crippen molar-refractivity contribution in [2.75, 3.05) is 18.9 Å². The van der Waals surface area contributed by atoms with Crippen LogP contribution < -0.4 is 15.0 Å². The van der Waals surface area contributed by atoms with Gasteiger partial charge in [0.1, 0.15) is 16.4 Å². The van der Waals surface area contributed by atoms with Gasteiger partial charge in [0.15, 0.2) is 0 Å². The van der Waals surface area contributed by atoms with Crippen LogP contribution in [-0.4, -0.2) is 43.1 Å². The number of halogens is 2. The number of benzene rings is 2. The Hall–Kier alpha value is -4.03. The van der Waals surface area contributed by atoms with Gasteiger partial charge in [-0.05, 0) is 42.0 Å². The number of hydrogen-bond acceptors (Lipinski definition) is 8. The zero-order chi connectivity index (χ0) is 27.6. The van der Waals surface area contributed by atoms with Crippen molar-refractivity contribution in [3.8, 4) is 17.0 Å². The van der Waals surface area contributed by atoms with E-state index in [1.165, 1.54) is 37.4 Å². The van der Waals surface area contributed by atoms with Crippen LogP contribution >= 0.6 is 11.6 Å². The number of nitrogens with one attached hydrogen (secondary N) is 1. The number of pyridine rings is 1. The molecule has 2 heterocycles. The van der Waals surface area contributed by atoms with Crippen molar-refractivity contribution in [3.63, 3.8) is 0 Å². The molecule has 198 valence electrons. The summed E-state index contributed by atoms with van der Waals surface area (Å²) in [7, 11) is -1.63. The van der Waals surface area contributed by atoms with E-state index in [2.05, 4.69) is 14.7 Å². The molecular weight excluding hydrogens is 539 g/mol. The first-order valence-corrected chi connectivity index (χ1v) is 13.0. The van der Waals surface area contributed by atoms with Crippen LogP contribution in [0.4, 0.5) is 10.1 Å². The minimum absolute atomic E-state index is 0.000916. The minimum Gasteiger partial charge on any atom is -0.480 e. The molecule has 1 N–H and O–H groups in total. The van der Waals surface area contributed by atoms with Gasteiger partial charge < -0.3 is 9.47 Å². The molecule has 10 nitrogen and oxygen atoms in total. The number of methoxy groups -OCH3 is 2. The van der Waals surface area contributed by atoms with E-state index in [4.69, 9.17) is 21.1 Å². The molecule has 1 unspecified atom stereocenters. The molecule has 0 saturated heterocycles. The molecule has 0 spiro atoms. The zero-order valence-electron chi connectivity index (χ0n) is 20.4. The minimum atomic E-state index is -4.23. The lowest BCUT2D eigenvalue weighted by atomic mass is 10.0. The van der Waals surface area contributed by atoms with Crippen molar-refractivity contribution in [1.82, 2.24) is 14.5 Å². The average molecular weight is 561 g/mol. The molecule has 0 aliphatic rings. The molecule has 0 fully saturated rings. The summed E-state index contributed by atoms with van der Waals surface area (Å²) in [6.45, 7) is 1.73. The smallest absolute Gasteiger partial charge is 0.310 e. The Morgan fingerprint density at radius 3 is 2.58 bits per heavy atom. The van der Waals surface area contributed by atoms with E-state index in [1.54, 1.807) is 25.1 Å². The second-order valence-electron chi connectivity index (χ2n) is 8.32.